The summed E-state index contributed by atoms with van der Waals surface area (Å²) in [6.45, 7) is 0. The van der Waals surface area contributed by atoms with Crippen LogP contribution in [0.3, 0.4) is 0 Å². The van der Waals surface area contributed by atoms with E-state index in [4.69, 9.17) is 4.74 Å². The molecule has 0 heterocycles. The molecule has 0 aliphatic carbocycles. The fourth-order valence-corrected chi connectivity index (χ4v) is 1.77. The minimum atomic E-state index is -9.70. The molecule has 0 radical (unpaired) electrons. The molecule has 0 fully saturated rings. The minimum Gasteiger partial charge on any atom is -0.497 e. The predicted molar refractivity (Wildman–Crippen MR) is 55.3 cm³/mol. The Labute approximate surface area is 94.1 Å². The van der Waals surface area contributed by atoms with E-state index in [1.807, 2.05) is 0 Å². The lowest BCUT2D eigenvalue weighted by Crippen LogP contribution is -2.19. The second-order valence-electron chi connectivity index (χ2n) is 3.42. The van der Waals surface area contributed by atoms with Gasteiger partial charge in [-0.15, -0.1) is 0 Å². The smallest absolute Gasteiger partial charge is 0.292 e. The Morgan fingerprint density at radius 1 is 1.12 bits per heavy atom. The van der Waals surface area contributed by atoms with Gasteiger partial charge in [-0.3, -0.25) is 4.79 Å². The Kier molecular flexibility index (Phi) is 2.71. The maximum absolute atomic E-state index is 12.1. The first-order valence-corrected chi connectivity index (χ1v) is 6.42. The lowest BCUT2D eigenvalue weighted by molar-refractivity contribution is 0.101. The number of hydrogen-bond acceptors (Lipinski definition) is 2. The normalized spacial score (nSPS) is 15.9. The van der Waals surface area contributed by atoms with Crippen molar-refractivity contribution in [2.75, 3.05) is 12.9 Å². The number of benzene rings is 1. The number of carbonyl (C=O) groups excluding carboxylic acids is 1. The predicted octanol–water partition coefficient (Wildman–Crippen LogP) is 4.18. The number of rotatable bonds is 4. The monoisotopic (exact) mass is 276 g/mol. The van der Waals surface area contributed by atoms with Gasteiger partial charge < -0.3 is 4.74 Å². The molecule has 0 amide bonds. The van der Waals surface area contributed by atoms with Crippen LogP contribution < -0.4 is 4.74 Å². The van der Waals surface area contributed by atoms with Crippen molar-refractivity contribution >= 4 is 16.0 Å². The maximum Gasteiger partial charge on any atom is 0.292 e. The number of Topliss-reactive ketones (excluding diaryl/α,β-unsaturated/α-hetero) is 1. The highest BCUT2D eigenvalue weighted by Crippen LogP contribution is 2.97. The third-order valence-electron chi connectivity index (χ3n) is 1.82. The summed E-state index contributed by atoms with van der Waals surface area (Å²) in [6, 6.07) is 4.45. The van der Waals surface area contributed by atoms with Gasteiger partial charge in [-0.1, -0.05) is 19.4 Å². The van der Waals surface area contributed by atoms with Crippen molar-refractivity contribution in [1.29, 1.82) is 0 Å². The van der Waals surface area contributed by atoms with E-state index in [2.05, 4.69) is 0 Å². The average Bonchev–Trinajstić information content (AvgIpc) is 2.13. The Balaban J connectivity index is 2.92. The SMILES string of the molecule is COc1ccc(C(=O)CS(F)(F)(F)(F)F)cc1. The molecule has 1 rings (SSSR count). The topological polar surface area (TPSA) is 26.3 Å². The van der Waals surface area contributed by atoms with Crippen molar-refractivity contribution in [2.45, 2.75) is 0 Å². The van der Waals surface area contributed by atoms with Gasteiger partial charge in [-0.05, 0) is 24.3 Å². The largest absolute Gasteiger partial charge is 0.497 e. The number of halogens is 5. The van der Waals surface area contributed by atoms with Crippen molar-refractivity contribution in [1.82, 2.24) is 0 Å². The van der Waals surface area contributed by atoms with Crippen LogP contribution >= 0.6 is 10.2 Å². The van der Waals surface area contributed by atoms with E-state index < -0.39 is 27.3 Å². The van der Waals surface area contributed by atoms with Crippen molar-refractivity contribution in [3.05, 3.63) is 29.8 Å². The molecule has 0 aliphatic heterocycles. The molecule has 98 valence electrons. The quantitative estimate of drug-likeness (QED) is 0.609. The van der Waals surface area contributed by atoms with E-state index in [0.717, 1.165) is 12.1 Å². The fourth-order valence-electron chi connectivity index (χ4n) is 1.11. The first-order chi connectivity index (χ1) is 7.40. The summed E-state index contributed by atoms with van der Waals surface area (Å²) >= 11 is 0. The fraction of sp³-hybridized carbons (Fsp3) is 0.222. The van der Waals surface area contributed by atoms with E-state index in [1.165, 1.54) is 19.2 Å². The molecule has 0 saturated heterocycles. The van der Waals surface area contributed by atoms with Crippen molar-refractivity contribution in [3.63, 3.8) is 0 Å². The summed E-state index contributed by atoms with van der Waals surface area (Å²) in [4.78, 5) is 11.1. The minimum absolute atomic E-state index is 0.314. The summed E-state index contributed by atoms with van der Waals surface area (Å²) < 4.78 is 65.0. The number of ether oxygens (including phenoxy) is 1. The Hall–Kier alpha value is -1.31. The van der Waals surface area contributed by atoms with E-state index in [9.17, 15) is 24.2 Å². The molecule has 0 aromatic heterocycles. The summed E-state index contributed by atoms with van der Waals surface area (Å²) in [7, 11) is -8.38. The molecule has 17 heavy (non-hydrogen) atoms. The molecule has 0 saturated carbocycles. The molecule has 0 N–H and O–H groups in total. The summed E-state index contributed by atoms with van der Waals surface area (Å²) in [5, 5.41) is 0. The number of methoxy groups -OCH3 is 1. The van der Waals surface area contributed by atoms with Crippen LogP contribution in [-0.4, -0.2) is 18.6 Å². The van der Waals surface area contributed by atoms with Crippen LogP contribution in [0.2, 0.25) is 0 Å². The third kappa shape index (κ3) is 5.03. The van der Waals surface area contributed by atoms with Gasteiger partial charge in [0.25, 0.3) is 10.2 Å². The number of ketones is 1. The standard InChI is InChI=1S/C9H9F5O2S/c1-16-8-4-2-7(3-5-8)9(15)6-17(10,11,12,13)14/h2-5H,6H2,1H3. The van der Waals surface area contributed by atoms with Gasteiger partial charge in [-0.25, -0.2) is 0 Å². The first kappa shape index (κ1) is 13.8. The zero-order valence-electron chi connectivity index (χ0n) is 8.63. The number of carbonyl (C=O) groups is 1. The molecule has 0 aliphatic rings. The highest BCUT2D eigenvalue weighted by molar-refractivity contribution is 8.46. The Morgan fingerprint density at radius 2 is 1.59 bits per heavy atom. The van der Waals surface area contributed by atoms with Gasteiger partial charge in [-0.2, -0.15) is 0 Å². The molecule has 0 unspecified atom stereocenters. The van der Waals surface area contributed by atoms with Crippen molar-refractivity contribution in [3.8, 4) is 5.75 Å². The molecule has 1 aromatic rings. The van der Waals surface area contributed by atoms with Gasteiger partial charge in [0.1, 0.15) is 5.75 Å². The molecule has 0 spiro atoms. The van der Waals surface area contributed by atoms with Gasteiger partial charge in [0.05, 0.1) is 7.11 Å². The van der Waals surface area contributed by atoms with Gasteiger partial charge in [0, 0.05) is 5.56 Å². The zero-order valence-corrected chi connectivity index (χ0v) is 9.45. The molecular weight excluding hydrogens is 267 g/mol. The van der Waals surface area contributed by atoms with Gasteiger partial charge in [0.2, 0.25) is 0 Å². The van der Waals surface area contributed by atoms with Crippen LogP contribution in [0.5, 0.6) is 5.75 Å². The van der Waals surface area contributed by atoms with Crippen LogP contribution in [0.1, 0.15) is 10.4 Å². The summed E-state index contributed by atoms with van der Waals surface area (Å²) in [5.74, 6) is -4.06. The van der Waals surface area contributed by atoms with Crippen LogP contribution in [0.4, 0.5) is 19.4 Å². The highest BCUT2D eigenvalue weighted by atomic mass is 32.5. The van der Waals surface area contributed by atoms with Crippen LogP contribution in [0.15, 0.2) is 24.3 Å². The van der Waals surface area contributed by atoms with E-state index in [1.54, 1.807) is 0 Å². The lowest BCUT2D eigenvalue weighted by Gasteiger charge is -2.39. The maximum atomic E-state index is 12.1. The third-order valence-corrected chi connectivity index (χ3v) is 2.62. The first-order valence-electron chi connectivity index (χ1n) is 4.30. The van der Waals surface area contributed by atoms with E-state index in [0.29, 0.717) is 5.75 Å². The lowest BCUT2D eigenvalue weighted by atomic mass is 10.1. The Morgan fingerprint density at radius 3 is 1.94 bits per heavy atom. The van der Waals surface area contributed by atoms with Crippen molar-refractivity contribution < 1.29 is 29.0 Å². The van der Waals surface area contributed by atoms with Crippen molar-refractivity contribution in [2.24, 2.45) is 0 Å². The second-order valence-corrected chi connectivity index (χ2v) is 5.97. The molecule has 1 aromatic carbocycles. The summed E-state index contributed by atoms with van der Waals surface area (Å²) in [5.41, 5.74) is -0.431. The molecule has 8 heteroatoms. The molecular formula is C9H9F5O2S. The van der Waals surface area contributed by atoms with Crippen LogP contribution in [0.25, 0.3) is 0 Å². The van der Waals surface area contributed by atoms with E-state index in [-0.39, 0.29) is 0 Å². The highest BCUT2D eigenvalue weighted by Gasteiger charge is 2.64. The summed E-state index contributed by atoms with van der Waals surface area (Å²) in [6.07, 6.45) is 0. The van der Waals surface area contributed by atoms with Crippen LogP contribution in [-0.2, 0) is 0 Å². The average molecular weight is 276 g/mol. The van der Waals surface area contributed by atoms with Gasteiger partial charge in [0.15, 0.2) is 11.5 Å². The second kappa shape index (κ2) is 3.34. The number of hydrogen-bond donors (Lipinski definition) is 0. The van der Waals surface area contributed by atoms with Gasteiger partial charge >= 0.3 is 0 Å². The molecule has 2 nitrogen and oxygen atoms in total. The Bertz CT molecular complexity index is 436. The van der Waals surface area contributed by atoms with Crippen LogP contribution in [0, 0.1) is 0 Å². The molecule has 0 bridgehead atoms. The zero-order chi connectivity index (χ0) is 13.4. The van der Waals surface area contributed by atoms with E-state index >= 15 is 0 Å². The molecule has 0 atom stereocenters.